The van der Waals surface area contributed by atoms with Crippen LogP contribution < -0.4 is 4.89 Å². The van der Waals surface area contributed by atoms with Crippen LogP contribution in [0.4, 0.5) is 0 Å². The quantitative estimate of drug-likeness (QED) is 0.0195. The summed E-state index contributed by atoms with van der Waals surface area (Å²) in [7, 11) is 1.14. The zero-order valence-electron chi connectivity index (χ0n) is 46.6. The molecular formula is C62H106NO8P. The van der Waals surface area contributed by atoms with E-state index in [1.807, 2.05) is 21.1 Å². The molecule has 0 aromatic heterocycles. The fourth-order valence-electron chi connectivity index (χ4n) is 7.41. The lowest BCUT2D eigenvalue weighted by molar-refractivity contribution is -0.870. The zero-order chi connectivity index (χ0) is 52.7. The van der Waals surface area contributed by atoms with E-state index in [4.69, 9.17) is 18.5 Å². The molecule has 72 heavy (non-hydrogen) atoms. The van der Waals surface area contributed by atoms with Crippen LogP contribution in [0.3, 0.4) is 0 Å². The Morgan fingerprint density at radius 1 is 0.444 bits per heavy atom. The van der Waals surface area contributed by atoms with Gasteiger partial charge >= 0.3 is 11.9 Å². The summed E-state index contributed by atoms with van der Waals surface area (Å²) in [6.07, 6.45) is 72.7. The Morgan fingerprint density at radius 2 is 0.792 bits per heavy atom. The van der Waals surface area contributed by atoms with Gasteiger partial charge in [-0.3, -0.25) is 14.2 Å². The number of carbonyl (C=O) groups is 2. The van der Waals surface area contributed by atoms with Crippen molar-refractivity contribution >= 4 is 19.8 Å². The molecule has 0 heterocycles. The lowest BCUT2D eigenvalue weighted by Crippen LogP contribution is -2.37. The van der Waals surface area contributed by atoms with Crippen LogP contribution in [0.1, 0.15) is 219 Å². The van der Waals surface area contributed by atoms with E-state index in [0.717, 1.165) is 109 Å². The van der Waals surface area contributed by atoms with Crippen molar-refractivity contribution in [3.05, 3.63) is 109 Å². The van der Waals surface area contributed by atoms with E-state index in [0.29, 0.717) is 17.4 Å². The number of esters is 2. The number of unbranched alkanes of at least 4 members (excludes halogenated alkanes) is 19. The van der Waals surface area contributed by atoms with Gasteiger partial charge < -0.3 is 27.9 Å². The number of rotatable bonds is 51. The second kappa shape index (κ2) is 52.5. The molecule has 0 bridgehead atoms. The standard InChI is InChI=1S/C62H106NO8P/c1-6-8-10-12-14-16-18-20-22-23-24-25-26-27-28-29-30-31-32-33-34-35-36-37-38-39-41-43-45-47-49-51-53-55-62(65)71-60(59-70-72(66,67)69-57-56-63(3,4)5)58-68-61(64)54-52-50-48-46-44-42-40-21-19-17-15-13-11-9-7-2/h8,10,14,16,20,22,24-25,27-28,30-31,33-34,36-37,39,41,60H,6-7,9,11-13,15,17-19,21,23,26,29,32,35,38,40,42-59H2,1-5H3/b10-8-,16-14-,22-20-,25-24-,28-27-,31-30-,34-33-,37-36-,41-39-. The number of ether oxygens (including phenoxy) is 2. The van der Waals surface area contributed by atoms with Crippen molar-refractivity contribution in [2.45, 2.75) is 225 Å². The minimum absolute atomic E-state index is 0.0393. The van der Waals surface area contributed by atoms with Crippen LogP contribution >= 0.6 is 7.82 Å². The Kier molecular flexibility index (Phi) is 50.1. The molecule has 0 N–H and O–H groups in total. The van der Waals surface area contributed by atoms with Crippen molar-refractivity contribution in [1.82, 2.24) is 0 Å². The third-order valence-electron chi connectivity index (χ3n) is 11.8. The summed E-state index contributed by atoms with van der Waals surface area (Å²) < 4.78 is 34.1. The third kappa shape index (κ3) is 56.0. The highest BCUT2D eigenvalue weighted by Gasteiger charge is 2.21. The largest absolute Gasteiger partial charge is 0.756 e. The van der Waals surface area contributed by atoms with E-state index < -0.39 is 32.5 Å². The first kappa shape index (κ1) is 68.7. The number of phosphoric acid groups is 1. The fourth-order valence-corrected chi connectivity index (χ4v) is 8.14. The number of allylic oxidation sites excluding steroid dienone is 18. The predicted octanol–water partition coefficient (Wildman–Crippen LogP) is 17.2. The van der Waals surface area contributed by atoms with E-state index >= 15 is 0 Å². The number of hydrogen-bond acceptors (Lipinski definition) is 8. The number of hydrogen-bond donors (Lipinski definition) is 0. The van der Waals surface area contributed by atoms with E-state index in [1.165, 1.54) is 77.0 Å². The van der Waals surface area contributed by atoms with Crippen LogP contribution in [0.15, 0.2) is 109 Å². The normalized spacial score (nSPS) is 14.1. The maximum Gasteiger partial charge on any atom is 0.306 e. The average Bonchev–Trinajstić information content (AvgIpc) is 3.34. The molecule has 2 atom stereocenters. The molecular weight excluding hydrogens is 918 g/mol. The summed E-state index contributed by atoms with van der Waals surface area (Å²) in [5.41, 5.74) is 0. The smallest absolute Gasteiger partial charge is 0.306 e. The van der Waals surface area contributed by atoms with Crippen molar-refractivity contribution in [3.63, 3.8) is 0 Å². The first-order valence-electron chi connectivity index (χ1n) is 28.6. The van der Waals surface area contributed by atoms with Gasteiger partial charge in [-0.15, -0.1) is 0 Å². The number of quaternary nitrogens is 1. The van der Waals surface area contributed by atoms with Crippen molar-refractivity contribution in [3.8, 4) is 0 Å². The first-order valence-corrected chi connectivity index (χ1v) is 30.1. The van der Waals surface area contributed by atoms with Crippen molar-refractivity contribution < 1.29 is 42.1 Å². The van der Waals surface area contributed by atoms with Gasteiger partial charge in [-0.2, -0.15) is 0 Å². The van der Waals surface area contributed by atoms with Crippen LogP contribution in [-0.2, 0) is 32.7 Å². The summed E-state index contributed by atoms with van der Waals surface area (Å²) in [5.74, 6) is -0.858. The molecule has 0 spiro atoms. The highest BCUT2D eigenvalue weighted by atomic mass is 31.2. The molecule has 9 nitrogen and oxygen atoms in total. The molecule has 0 aliphatic heterocycles. The minimum atomic E-state index is -4.64. The molecule has 0 saturated carbocycles. The first-order chi connectivity index (χ1) is 35.0. The van der Waals surface area contributed by atoms with E-state index in [9.17, 15) is 19.0 Å². The van der Waals surface area contributed by atoms with Crippen LogP contribution in [0.25, 0.3) is 0 Å². The van der Waals surface area contributed by atoms with Gasteiger partial charge in [0.05, 0.1) is 27.7 Å². The molecule has 0 aromatic rings. The Balaban J connectivity index is 4.23. The predicted molar refractivity (Wildman–Crippen MR) is 305 cm³/mol. The molecule has 10 heteroatoms. The van der Waals surface area contributed by atoms with Crippen LogP contribution in [-0.4, -0.2) is 70.0 Å². The highest BCUT2D eigenvalue weighted by Crippen LogP contribution is 2.38. The van der Waals surface area contributed by atoms with Gasteiger partial charge in [0, 0.05) is 12.8 Å². The molecule has 0 rings (SSSR count). The summed E-state index contributed by atoms with van der Waals surface area (Å²) in [6.45, 7) is 4.10. The molecule has 0 aliphatic carbocycles. The zero-order valence-corrected chi connectivity index (χ0v) is 47.5. The monoisotopic (exact) mass is 1020 g/mol. The summed E-state index contributed by atoms with van der Waals surface area (Å²) in [6, 6.07) is 0. The molecule has 0 amide bonds. The third-order valence-corrected chi connectivity index (χ3v) is 12.8. The van der Waals surface area contributed by atoms with E-state index in [2.05, 4.69) is 123 Å². The maximum atomic E-state index is 12.8. The SMILES string of the molecule is CC/C=C\C/C=C\C/C=C\C/C=C\C/C=C\C/C=C\C/C=C\C/C=C\C/C=C\CCCCCCCC(=O)OC(COC(=O)CCCCCCCCCCCCCCCCC)COP(=O)([O-])OCC[N+](C)(C)C. The highest BCUT2D eigenvalue weighted by molar-refractivity contribution is 7.45. The maximum absolute atomic E-state index is 12.8. The second-order valence-corrected chi connectivity index (χ2v) is 21.3. The van der Waals surface area contributed by atoms with Gasteiger partial charge in [0.25, 0.3) is 7.82 Å². The van der Waals surface area contributed by atoms with Crippen LogP contribution in [0, 0.1) is 0 Å². The average molecular weight is 1020 g/mol. The number of phosphoric ester groups is 1. The molecule has 412 valence electrons. The Morgan fingerprint density at radius 3 is 1.18 bits per heavy atom. The summed E-state index contributed by atoms with van der Waals surface area (Å²) >= 11 is 0. The number of nitrogens with zero attached hydrogens (tertiary/aromatic N) is 1. The molecule has 0 fully saturated rings. The number of likely N-dealkylation sites (N-methyl/N-ethyl adjacent to an activating group) is 1. The van der Waals surface area contributed by atoms with Crippen LogP contribution in [0.2, 0.25) is 0 Å². The molecule has 0 aliphatic rings. The molecule has 0 aromatic carbocycles. The fraction of sp³-hybridized carbons (Fsp3) is 0.677. The number of carbonyl (C=O) groups excluding carboxylic acids is 2. The summed E-state index contributed by atoms with van der Waals surface area (Å²) in [4.78, 5) is 37.8. The van der Waals surface area contributed by atoms with Crippen molar-refractivity contribution in [1.29, 1.82) is 0 Å². The molecule has 0 radical (unpaired) electrons. The molecule has 2 unspecified atom stereocenters. The Hall–Kier alpha value is -3.33. The van der Waals surface area contributed by atoms with E-state index in [-0.39, 0.29) is 26.1 Å². The van der Waals surface area contributed by atoms with E-state index in [1.54, 1.807) is 0 Å². The second-order valence-electron chi connectivity index (χ2n) is 19.9. The van der Waals surface area contributed by atoms with Gasteiger partial charge in [0.2, 0.25) is 0 Å². The van der Waals surface area contributed by atoms with Crippen molar-refractivity contribution in [2.24, 2.45) is 0 Å². The Labute approximate surface area is 442 Å². The minimum Gasteiger partial charge on any atom is -0.756 e. The van der Waals surface area contributed by atoms with Gasteiger partial charge in [-0.25, -0.2) is 0 Å². The lowest BCUT2D eigenvalue weighted by atomic mass is 10.0. The van der Waals surface area contributed by atoms with Gasteiger partial charge in [0.1, 0.15) is 19.8 Å². The van der Waals surface area contributed by atoms with Crippen molar-refractivity contribution in [2.75, 3.05) is 47.5 Å². The van der Waals surface area contributed by atoms with Gasteiger partial charge in [-0.05, 0) is 83.5 Å². The Bertz CT molecular complexity index is 1580. The summed E-state index contributed by atoms with van der Waals surface area (Å²) in [5, 5.41) is 0. The topological polar surface area (TPSA) is 111 Å². The van der Waals surface area contributed by atoms with Crippen LogP contribution in [0.5, 0.6) is 0 Å². The lowest BCUT2D eigenvalue weighted by Gasteiger charge is -2.28. The van der Waals surface area contributed by atoms with Gasteiger partial charge in [0.15, 0.2) is 6.10 Å². The molecule has 0 saturated heterocycles. The van der Waals surface area contributed by atoms with Gasteiger partial charge in [-0.1, -0.05) is 232 Å².